The molecule has 2 saturated carbocycles. The summed E-state index contributed by atoms with van der Waals surface area (Å²) in [5, 5.41) is 3.71. The molecule has 2 aliphatic carbocycles. The van der Waals surface area contributed by atoms with Crippen LogP contribution in [-0.2, 0) is 0 Å². The van der Waals surface area contributed by atoms with Gasteiger partial charge >= 0.3 is 0 Å². The Morgan fingerprint density at radius 2 is 2.00 bits per heavy atom. The third-order valence-corrected chi connectivity index (χ3v) is 3.86. The Hall–Kier alpha value is -0.0400. The van der Waals surface area contributed by atoms with Crippen molar-refractivity contribution in [1.82, 2.24) is 5.32 Å². The molecular formula is C12H23N. The minimum Gasteiger partial charge on any atom is -0.314 e. The number of rotatable bonds is 4. The molecule has 0 aromatic heterocycles. The van der Waals surface area contributed by atoms with E-state index in [2.05, 4.69) is 19.2 Å². The molecule has 0 heterocycles. The van der Waals surface area contributed by atoms with Crippen molar-refractivity contribution >= 4 is 0 Å². The van der Waals surface area contributed by atoms with Crippen LogP contribution in [0.1, 0.15) is 46.0 Å². The van der Waals surface area contributed by atoms with Gasteiger partial charge in [-0.05, 0) is 56.9 Å². The van der Waals surface area contributed by atoms with Crippen LogP contribution in [0.2, 0.25) is 0 Å². The Kier molecular flexibility index (Phi) is 2.92. The van der Waals surface area contributed by atoms with Gasteiger partial charge in [0.15, 0.2) is 0 Å². The smallest absolute Gasteiger partial charge is 0.00671 e. The molecule has 2 aliphatic rings. The lowest BCUT2D eigenvalue weighted by atomic mass is 10.1. The van der Waals surface area contributed by atoms with Crippen molar-refractivity contribution in [2.75, 3.05) is 6.54 Å². The Morgan fingerprint density at radius 3 is 2.54 bits per heavy atom. The molecule has 0 aromatic rings. The normalized spacial score (nSPS) is 36.5. The molecule has 1 heteroatoms. The van der Waals surface area contributed by atoms with Gasteiger partial charge in [-0.15, -0.1) is 0 Å². The van der Waals surface area contributed by atoms with E-state index in [0.717, 1.165) is 23.8 Å². The highest BCUT2D eigenvalue weighted by atomic mass is 14.9. The number of hydrogen-bond donors (Lipinski definition) is 1. The van der Waals surface area contributed by atoms with E-state index >= 15 is 0 Å². The van der Waals surface area contributed by atoms with E-state index in [1.54, 1.807) is 0 Å². The van der Waals surface area contributed by atoms with Crippen LogP contribution < -0.4 is 5.32 Å². The maximum atomic E-state index is 3.71. The monoisotopic (exact) mass is 181 g/mol. The fourth-order valence-corrected chi connectivity index (χ4v) is 2.63. The quantitative estimate of drug-likeness (QED) is 0.703. The maximum absolute atomic E-state index is 3.71. The Labute approximate surface area is 82.3 Å². The van der Waals surface area contributed by atoms with Crippen LogP contribution in [-0.4, -0.2) is 12.6 Å². The van der Waals surface area contributed by atoms with Crippen molar-refractivity contribution < 1.29 is 0 Å². The lowest BCUT2D eigenvalue weighted by Gasteiger charge is -2.16. The van der Waals surface area contributed by atoms with Gasteiger partial charge in [-0.1, -0.05) is 13.3 Å². The molecule has 13 heavy (non-hydrogen) atoms. The van der Waals surface area contributed by atoms with Crippen molar-refractivity contribution in [3.8, 4) is 0 Å². The van der Waals surface area contributed by atoms with Crippen molar-refractivity contribution in [3.63, 3.8) is 0 Å². The zero-order valence-corrected chi connectivity index (χ0v) is 9.05. The molecule has 0 bridgehead atoms. The molecule has 3 atom stereocenters. The Bertz CT molecular complexity index is 163. The number of nitrogens with one attached hydrogen (secondary N) is 1. The van der Waals surface area contributed by atoms with Gasteiger partial charge in [-0.25, -0.2) is 0 Å². The minimum absolute atomic E-state index is 0.788. The highest BCUT2D eigenvalue weighted by Crippen LogP contribution is 2.33. The van der Waals surface area contributed by atoms with Crippen LogP contribution in [0.5, 0.6) is 0 Å². The summed E-state index contributed by atoms with van der Waals surface area (Å²) >= 11 is 0. The summed E-state index contributed by atoms with van der Waals surface area (Å²) in [5.74, 6) is 2.98. The highest BCUT2D eigenvalue weighted by Gasteiger charge is 2.28. The molecular weight excluding hydrogens is 158 g/mol. The molecule has 0 aromatic carbocycles. The summed E-state index contributed by atoms with van der Waals surface area (Å²) < 4.78 is 0. The van der Waals surface area contributed by atoms with Crippen LogP contribution in [0.15, 0.2) is 0 Å². The van der Waals surface area contributed by atoms with E-state index in [4.69, 9.17) is 0 Å². The summed E-state index contributed by atoms with van der Waals surface area (Å²) in [7, 11) is 0. The van der Waals surface area contributed by atoms with Crippen LogP contribution in [0.25, 0.3) is 0 Å². The van der Waals surface area contributed by atoms with Gasteiger partial charge in [0.05, 0.1) is 0 Å². The molecule has 3 unspecified atom stereocenters. The molecule has 1 N–H and O–H groups in total. The van der Waals surface area contributed by atoms with E-state index in [1.807, 2.05) is 0 Å². The summed E-state index contributed by atoms with van der Waals surface area (Å²) in [6.45, 7) is 6.03. The topological polar surface area (TPSA) is 12.0 Å². The highest BCUT2D eigenvalue weighted by molar-refractivity contribution is 4.84. The van der Waals surface area contributed by atoms with Gasteiger partial charge in [0, 0.05) is 6.04 Å². The zero-order chi connectivity index (χ0) is 9.26. The summed E-state index contributed by atoms with van der Waals surface area (Å²) in [4.78, 5) is 0. The number of hydrogen-bond acceptors (Lipinski definition) is 1. The van der Waals surface area contributed by atoms with E-state index in [9.17, 15) is 0 Å². The van der Waals surface area contributed by atoms with E-state index in [1.165, 1.54) is 38.6 Å². The largest absolute Gasteiger partial charge is 0.314 e. The molecule has 0 aliphatic heterocycles. The first kappa shape index (κ1) is 9.51. The van der Waals surface area contributed by atoms with E-state index in [-0.39, 0.29) is 0 Å². The van der Waals surface area contributed by atoms with Crippen LogP contribution in [0.4, 0.5) is 0 Å². The van der Waals surface area contributed by atoms with E-state index < -0.39 is 0 Å². The van der Waals surface area contributed by atoms with Gasteiger partial charge < -0.3 is 5.32 Å². The van der Waals surface area contributed by atoms with Gasteiger partial charge in [0.25, 0.3) is 0 Å². The average molecular weight is 181 g/mol. The summed E-state index contributed by atoms with van der Waals surface area (Å²) in [6, 6.07) is 0.788. The molecule has 0 saturated heterocycles. The fraction of sp³-hybridized carbons (Fsp3) is 1.00. The third-order valence-electron chi connectivity index (χ3n) is 3.86. The second-order valence-corrected chi connectivity index (χ2v) is 5.32. The second kappa shape index (κ2) is 4.00. The molecule has 0 amide bonds. The van der Waals surface area contributed by atoms with Crippen LogP contribution in [0, 0.1) is 17.8 Å². The third kappa shape index (κ3) is 2.70. The predicted molar refractivity (Wildman–Crippen MR) is 56.7 cm³/mol. The summed E-state index contributed by atoms with van der Waals surface area (Å²) in [5.41, 5.74) is 0. The molecule has 76 valence electrons. The molecule has 0 radical (unpaired) electrons. The lowest BCUT2D eigenvalue weighted by molar-refractivity contribution is 0.413. The van der Waals surface area contributed by atoms with Crippen molar-refractivity contribution in [2.24, 2.45) is 17.8 Å². The van der Waals surface area contributed by atoms with Gasteiger partial charge in [-0.3, -0.25) is 0 Å². The SMILES string of the molecule is CC1CCC(CNC(C)C2CC2)C1. The Morgan fingerprint density at radius 1 is 1.23 bits per heavy atom. The average Bonchev–Trinajstić information content (AvgIpc) is 2.87. The molecule has 2 rings (SSSR count). The van der Waals surface area contributed by atoms with Crippen molar-refractivity contribution in [1.29, 1.82) is 0 Å². The first-order valence-electron chi connectivity index (χ1n) is 5.99. The standard InChI is InChI=1S/C12H23N/c1-9-3-4-11(7-9)8-13-10(2)12-5-6-12/h9-13H,3-8H2,1-2H3. The van der Waals surface area contributed by atoms with Crippen LogP contribution >= 0.6 is 0 Å². The minimum atomic E-state index is 0.788. The molecule has 0 spiro atoms. The zero-order valence-electron chi connectivity index (χ0n) is 9.05. The predicted octanol–water partition coefficient (Wildman–Crippen LogP) is 2.81. The van der Waals surface area contributed by atoms with Crippen molar-refractivity contribution in [2.45, 2.75) is 52.0 Å². The lowest BCUT2D eigenvalue weighted by Crippen LogP contribution is -2.31. The van der Waals surface area contributed by atoms with Gasteiger partial charge in [-0.2, -0.15) is 0 Å². The van der Waals surface area contributed by atoms with Gasteiger partial charge in [0.2, 0.25) is 0 Å². The van der Waals surface area contributed by atoms with Crippen LogP contribution in [0.3, 0.4) is 0 Å². The summed E-state index contributed by atoms with van der Waals surface area (Å²) in [6.07, 6.45) is 7.32. The first-order chi connectivity index (χ1) is 6.25. The van der Waals surface area contributed by atoms with Gasteiger partial charge in [0.1, 0.15) is 0 Å². The second-order valence-electron chi connectivity index (χ2n) is 5.32. The maximum Gasteiger partial charge on any atom is 0.00671 e. The fourth-order valence-electron chi connectivity index (χ4n) is 2.63. The molecule has 2 fully saturated rings. The molecule has 1 nitrogen and oxygen atoms in total. The Balaban J connectivity index is 1.61. The first-order valence-corrected chi connectivity index (χ1v) is 5.99. The van der Waals surface area contributed by atoms with E-state index in [0.29, 0.717) is 0 Å². The van der Waals surface area contributed by atoms with Crippen molar-refractivity contribution in [3.05, 3.63) is 0 Å².